The van der Waals surface area contributed by atoms with Gasteiger partial charge in [0.05, 0.1) is 6.04 Å². The average Bonchev–Trinajstić information content (AvgIpc) is 2.87. The molecule has 0 spiro atoms. The van der Waals surface area contributed by atoms with Crippen molar-refractivity contribution < 1.29 is 24.2 Å². The Morgan fingerprint density at radius 2 is 1.78 bits per heavy atom. The van der Waals surface area contributed by atoms with E-state index in [-0.39, 0.29) is 31.4 Å². The lowest BCUT2D eigenvalue weighted by atomic mass is 9.93. The number of hydrogen-bond donors (Lipinski definition) is 2. The predicted octanol–water partition coefficient (Wildman–Crippen LogP) is 4.15. The molecule has 0 radical (unpaired) electrons. The van der Waals surface area contributed by atoms with Crippen LogP contribution in [0.25, 0.3) is 11.1 Å². The normalized spacial score (nSPS) is 18.8. The number of nitrogens with one attached hydrogen (secondary N) is 1. The maximum atomic E-state index is 13.3. The van der Waals surface area contributed by atoms with Crippen LogP contribution in [0.15, 0.2) is 72.8 Å². The SMILES string of the molecule is C[C@H]1COc2ccc(Cc3ccccc3)c(c2)-c2cccc(c2)C(=O)N(C)[C@H](C(=O)O)CCC(=O)N1. The number of carbonyl (C=O) groups is 3. The number of rotatable bonds is 3. The van der Waals surface area contributed by atoms with Crippen molar-refractivity contribution in [3.8, 4) is 16.9 Å². The summed E-state index contributed by atoms with van der Waals surface area (Å²) in [5.41, 5.74) is 4.36. The van der Waals surface area contributed by atoms with Crippen molar-refractivity contribution in [2.45, 2.75) is 38.3 Å². The van der Waals surface area contributed by atoms with Crippen molar-refractivity contribution in [2.75, 3.05) is 13.7 Å². The van der Waals surface area contributed by atoms with Gasteiger partial charge in [0.2, 0.25) is 5.91 Å². The Morgan fingerprint density at radius 3 is 2.53 bits per heavy atom. The Labute approximate surface area is 210 Å². The molecule has 0 aliphatic carbocycles. The first kappa shape index (κ1) is 25.0. The van der Waals surface area contributed by atoms with Crippen LogP contribution in [0.4, 0.5) is 0 Å². The molecule has 1 aliphatic rings. The van der Waals surface area contributed by atoms with E-state index in [1.165, 1.54) is 11.9 Å². The molecule has 7 heteroatoms. The minimum absolute atomic E-state index is 0.0109. The molecular weight excluding hydrogens is 456 g/mol. The van der Waals surface area contributed by atoms with Gasteiger partial charge in [-0.1, -0.05) is 48.5 Å². The molecule has 2 N–H and O–H groups in total. The number of nitrogens with zero attached hydrogens (tertiary/aromatic N) is 1. The van der Waals surface area contributed by atoms with Crippen molar-refractivity contribution in [2.24, 2.45) is 0 Å². The zero-order valence-corrected chi connectivity index (χ0v) is 20.4. The highest BCUT2D eigenvalue weighted by Crippen LogP contribution is 2.31. The minimum atomic E-state index is -1.15. The van der Waals surface area contributed by atoms with E-state index in [9.17, 15) is 19.5 Å². The molecule has 4 rings (SSSR count). The lowest BCUT2D eigenvalue weighted by Gasteiger charge is -2.25. The second-order valence-electron chi connectivity index (χ2n) is 9.15. The monoisotopic (exact) mass is 486 g/mol. The van der Waals surface area contributed by atoms with Gasteiger partial charge in [-0.05, 0) is 66.3 Å². The first-order valence-electron chi connectivity index (χ1n) is 12.0. The highest BCUT2D eigenvalue weighted by Gasteiger charge is 2.28. The van der Waals surface area contributed by atoms with Gasteiger partial charge in [-0.15, -0.1) is 0 Å². The second kappa shape index (κ2) is 11.1. The van der Waals surface area contributed by atoms with Crippen molar-refractivity contribution >= 4 is 17.8 Å². The molecule has 186 valence electrons. The van der Waals surface area contributed by atoms with E-state index in [4.69, 9.17) is 4.74 Å². The summed E-state index contributed by atoms with van der Waals surface area (Å²) in [6, 6.07) is 21.8. The Morgan fingerprint density at radius 1 is 1.03 bits per heavy atom. The van der Waals surface area contributed by atoms with E-state index >= 15 is 0 Å². The molecule has 36 heavy (non-hydrogen) atoms. The molecule has 0 fully saturated rings. The number of hydrogen-bond acceptors (Lipinski definition) is 4. The fraction of sp³-hybridized carbons (Fsp3) is 0.276. The largest absolute Gasteiger partial charge is 0.491 e. The van der Waals surface area contributed by atoms with Gasteiger partial charge in [0.15, 0.2) is 0 Å². The van der Waals surface area contributed by atoms with Gasteiger partial charge < -0.3 is 20.1 Å². The van der Waals surface area contributed by atoms with Gasteiger partial charge in [0.25, 0.3) is 5.91 Å². The summed E-state index contributed by atoms with van der Waals surface area (Å²) in [4.78, 5) is 38.8. The molecule has 0 unspecified atom stereocenters. The number of carboxylic acids is 1. The number of benzene rings is 3. The van der Waals surface area contributed by atoms with E-state index in [0.29, 0.717) is 17.7 Å². The molecule has 0 saturated carbocycles. The van der Waals surface area contributed by atoms with Gasteiger partial charge in [-0.25, -0.2) is 4.79 Å². The summed E-state index contributed by atoms with van der Waals surface area (Å²) in [6.45, 7) is 2.10. The van der Waals surface area contributed by atoms with E-state index in [1.807, 2.05) is 49.4 Å². The van der Waals surface area contributed by atoms with E-state index in [2.05, 4.69) is 17.4 Å². The Kier molecular flexibility index (Phi) is 7.68. The van der Waals surface area contributed by atoms with Crippen LogP contribution < -0.4 is 10.1 Å². The molecule has 0 aromatic heterocycles. The molecule has 7 nitrogen and oxygen atoms in total. The van der Waals surface area contributed by atoms with E-state index < -0.39 is 17.9 Å². The van der Waals surface area contributed by atoms with Crippen molar-refractivity contribution in [1.29, 1.82) is 0 Å². The Hall–Kier alpha value is -4.13. The number of likely N-dealkylation sites (N-methyl/N-ethyl adjacent to an activating group) is 1. The molecule has 4 bridgehead atoms. The summed E-state index contributed by atoms with van der Waals surface area (Å²) in [5.74, 6) is -1.19. The number of carboxylic acid groups (broad SMARTS) is 1. The van der Waals surface area contributed by atoms with E-state index in [1.54, 1.807) is 18.2 Å². The zero-order chi connectivity index (χ0) is 25.7. The molecular formula is C29H30N2O5. The lowest BCUT2D eigenvalue weighted by Crippen LogP contribution is -2.44. The van der Waals surface area contributed by atoms with Crippen LogP contribution in [0.1, 0.15) is 41.3 Å². The molecule has 3 aromatic carbocycles. The number of fused-ring (bicyclic) bond motifs is 5. The summed E-state index contributed by atoms with van der Waals surface area (Å²) in [7, 11) is 1.47. The van der Waals surface area contributed by atoms with Gasteiger partial charge in [0, 0.05) is 19.0 Å². The molecule has 3 aromatic rings. The highest BCUT2D eigenvalue weighted by atomic mass is 16.5. The number of amides is 2. The van der Waals surface area contributed by atoms with Crippen LogP contribution in [0.5, 0.6) is 5.75 Å². The zero-order valence-electron chi connectivity index (χ0n) is 20.4. The maximum absolute atomic E-state index is 13.3. The fourth-order valence-electron chi connectivity index (χ4n) is 4.41. The second-order valence-corrected chi connectivity index (χ2v) is 9.15. The molecule has 1 aliphatic heterocycles. The van der Waals surface area contributed by atoms with Gasteiger partial charge in [-0.3, -0.25) is 9.59 Å². The topological polar surface area (TPSA) is 95.9 Å². The minimum Gasteiger partial charge on any atom is -0.491 e. The first-order chi connectivity index (χ1) is 17.3. The van der Waals surface area contributed by atoms with Gasteiger partial charge in [-0.2, -0.15) is 0 Å². The Bertz CT molecular complexity index is 1260. The van der Waals surface area contributed by atoms with Gasteiger partial charge in [0.1, 0.15) is 18.4 Å². The van der Waals surface area contributed by atoms with Crippen LogP contribution >= 0.6 is 0 Å². The van der Waals surface area contributed by atoms with Crippen molar-refractivity contribution in [3.05, 3.63) is 89.5 Å². The van der Waals surface area contributed by atoms with Crippen LogP contribution in [0, 0.1) is 0 Å². The summed E-state index contributed by atoms with van der Waals surface area (Å²) in [5, 5.41) is 12.6. The predicted molar refractivity (Wildman–Crippen MR) is 137 cm³/mol. The molecule has 2 atom stereocenters. The standard InChI is InChI=1S/C29H30N2O5/c1-19-18-36-24-12-11-22(15-20-7-4-3-5-8-20)25(17-24)21-9-6-10-23(16-21)28(33)31(2)26(29(34)35)13-14-27(32)30-19/h3-12,16-17,19,26H,13-15,18H2,1-2H3,(H,30,32)(H,34,35)/t19-,26-/m0/s1. The van der Waals surface area contributed by atoms with E-state index in [0.717, 1.165) is 22.3 Å². The summed E-state index contributed by atoms with van der Waals surface area (Å²) in [6.07, 6.45) is 0.691. The summed E-state index contributed by atoms with van der Waals surface area (Å²) >= 11 is 0. The van der Waals surface area contributed by atoms with Crippen molar-refractivity contribution in [3.63, 3.8) is 0 Å². The Balaban J connectivity index is 1.78. The number of ether oxygens (including phenoxy) is 1. The smallest absolute Gasteiger partial charge is 0.326 e. The highest BCUT2D eigenvalue weighted by molar-refractivity contribution is 5.97. The van der Waals surface area contributed by atoms with Crippen LogP contribution in [-0.4, -0.2) is 53.5 Å². The number of aliphatic carboxylic acids is 1. The third-order valence-electron chi connectivity index (χ3n) is 6.36. The maximum Gasteiger partial charge on any atom is 0.326 e. The van der Waals surface area contributed by atoms with Crippen molar-refractivity contribution in [1.82, 2.24) is 10.2 Å². The number of carbonyl (C=O) groups excluding carboxylic acids is 2. The van der Waals surface area contributed by atoms with Crippen LogP contribution in [0.2, 0.25) is 0 Å². The molecule has 2 amide bonds. The molecule has 0 saturated heterocycles. The third-order valence-corrected chi connectivity index (χ3v) is 6.36. The van der Waals surface area contributed by atoms with Gasteiger partial charge >= 0.3 is 5.97 Å². The molecule has 1 heterocycles. The third kappa shape index (κ3) is 5.92. The lowest BCUT2D eigenvalue weighted by molar-refractivity contribution is -0.142. The fourth-order valence-corrected chi connectivity index (χ4v) is 4.41. The quantitative estimate of drug-likeness (QED) is 0.580. The van der Waals surface area contributed by atoms with Crippen LogP contribution in [0.3, 0.4) is 0 Å². The summed E-state index contributed by atoms with van der Waals surface area (Å²) < 4.78 is 6.00. The first-order valence-corrected chi connectivity index (χ1v) is 12.0. The average molecular weight is 487 g/mol. The van der Waals surface area contributed by atoms with Crippen LogP contribution in [-0.2, 0) is 16.0 Å².